The van der Waals surface area contributed by atoms with Gasteiger partial charge in [-0.2, -0.15) is 0 Å². The molecular weight excluding hydrogens is 408 g/mol. The number of aliphatic carboxylic acids is 1. The van der Waals surface area contributed by atoms with Gasteiger partial charge in [0.1, 0.15) is 17.0 Å². The van der Waals surface area contributed by atoms with Crippen molar-refractivity contribution in [2.75, 3.05) is 5.32 Å². The predicted octanol–water partition coefficient (Wildman–Crippen LogP) is 4.67. The van der Waals surface area contributed by atoms with Gasteiger partial charge in [-0.15, -0.1) is 0 Å². The van der Waals surface area contributed by atoms with Crippen LogP contribution in [0, 0.1) is 0 Å². The van der Waals surface area contributed by atoms with Crippen molar-refractivity contribution >= 4 is 34.3 Å². The van der Waals surface area contributed by atoms with Crippen LogP contribution in [-0.4, -0.2) is 38.3 Å². The monoisotopic (exact) mass is 436 g/mol. The number of alkyl carbamates (subject to hydrolysis) is 1. The van der Waals surface area contributed by atoms with E-state index in [1.165, 1.54) is 0 Å². The fourth-order valence-corrected chi connectivity index (χ4v) is 3.34. The highest BCUT2D eigenvalue weighted by molar-refractivity contribution is 5.92. The number of hydrogen-bond donors (Lipinski definition) is 3. The molecule has 0 aliphatic carbocycles. The second-order valence-corrected chi connectivity index (χ2v) is 8.62. The molecule has 168 valence electrons. The number of carboxylic acids is 1. The molecule has 2 aromatic heterocycles. The molecule has 8 nitrogen and oxygen atoms in total. The number of amides is 1. The number of nitrogens with zero attached hydrogens (tertiary/aromatic N) is 2. The summed E-state index contributed by atoms with van der Waals surface area (Å²) < 4.78 is 5.27. The molecule has 0 aliphatic rings. The Bertz CT molecular complexity index is 1100. The van der Waals surface area contributed by atoms with E-state index in [-0.39, 0.29) is 12.8 Å². The lowest BCUT2D eigenvalue weighted by molar-refractivity contribution is -0.145. The van der Waals surface area contributed by atoms with E-state index in [0.29, 0.717) is 5.82 Å². The minimum atomic E-state index is -1.47. The van der Waals surface area contributed by atoms with Crippen LogP contribution in [0.3, 0.4) is 0 Å². The Morgan fingerprint density at radius 3 is 2.38 bits per heavy atom. The van der Waals surface area contributed by atoms with Crippen LogP contribution < -0.4 is 10.6 Å². The second kappa shape index (κ2) is 9.21. The topological polar surface area (TPSA) is 113 Å². The Labute approximate surface area is 187 Å². The van der Waals surface area contributed by atoms with E-state index in [4.69, 9.17) is 4.74 Å². The maximum absolute atomic E-state index is 12.3. The van der Waals surface area contributed by atoms with Crippen molar-refractivity contribution in [3.05, 3.63) is 60.6 Å². The van der Waals surface area contributed by atoms with Gasteiger partial charge in [-0.1, -0.05) is 19.1 Å². The van der Waals surface area contributed by atoms with Crippen LogP contribution in [0.2, 0.25) is 0 Å². The number of carbonyl (C=O) groups excluding carboxylic acids is 1. The first-order valence-electron chi connectivity index (χ1n) is 10.4. The minimum absolute atomic E-state index is 0.120. The quantitative estimate of drug-likeness (QED) is 0.493. The van der Waals surface area contributed by atoms with Gasteiger partial charge in [0.25, 0.3) is 0 Å². The van der Waals surface area contributed by atoms with Gasteiger partial charge in [0, 0.05) is 36.1 Å². The molecule has 0 radical (unpaired) electrons. The number of carboxylic acid groups (broad SMARTS) is 1. The number of pyridine rings is 2. The minimum Gasteiger partial charge on any atom is -0.479 e. The fourth-order valence-electron chi connectivity index (χ4n) is 3.34. The van der Waals surface area contributed by atoms with Crippen molar-refractivity contribution < 1.29 is 19.4 Å². The summed E-state index contributed by atoms with van der Waals surface area (Å²) in [5, 5.41) is 17.7. The Morgan fingerprint density at radius 2 is 1.75 bits per heavy atom. The van der Waals surface area contributed by atoms with Gasteiger partial charge in [-0.3, -0.25) is 4.98 Å². The maximum Gasteiger partial charge on any atom is 0.408 e. The fraction of sp³-hybridized carbons (Fsp3) is 0.333. The molecule has 0 spiro atoms. The second-order valence-electron chi connectivity index (χ2n) is 8.62. The van der Waals surface area contributed by atoms with Crippen LogP contribution in [0.5, 0.6) is 0 Å². The van der Waals surface area contributed by atoms with Crippen molar-refractivity contribution in [1.82, 2.24) is 15.3 Å². The number of benzene rings is 1. The summed E-state index contributed by atoms with van der Waals surface area (Å²) in [4.78, 5) is 32.9. The molecule has 0 saturated carbocycles. The third-order valence-electron chi connectivity index (χ3n) is 5.04. The predicted molar refractivity (Wildman–Crippen MR) is 123 cm³/mol. The van der Waals surface area contributed by atoms with Crippen LogP contribution in [-0.2, 0) is 16.0 Å². The van der Waals surface area contributed by atoms with Gasteiger partial charge in [0.2, 0.25) is 0 Å². The van der Waals surface area contributed by atoms with Crippen LogP contribution >= 0.6 is 0 Å². The highest BCUT2D eigenvalue weighted by Crippen LogP contribution is 2.25. The van der Waals surface area contributed by atoms with Gasteiger partial charge >= 0.3 is 12.1 Å². The van der Waals surface area contributed by atoms with Crippen molar-refractivity contribution in [1.29, 1.82) is 0 Å². The normalized spacial score (nSPS) is 13.2. The van der Waals surface area contributed by atoms with Crippen molar-refractivity contribution in [2.45, 2.75) is 51.7 Å². The molecule has 8 heteroatoms. The van der Waals surface area contributed by atoms with E-state index in [9.17, 15) is 14.7 Å². The lowest BCUT2D eigenvalue weighted by atomic mass is 9.88. The number of fused-ring (bicyclic) bond motifs is 1. The Hall–Kier alpha value is -3.68. The number of rotatable bonds is 7. The largest absolute Gasteiger partial charge is 0.479 e. The lowest BCUT2D eigenvalue weighted by Gasteiger charge is -2.31. The summed E-state index contributed by atoms with van der Waals surface area (Å²) in [6, 6.07) is 11.2. The summed E-state index contributed by atoms with van der Waals surface area (Å²) in [5.74, 6) is -0.427. The van der Waals surface area contributed by atoms with Gasteiger partial charge in [-0.25, -0.2) is 14.6 Å². The molecule has 0 aliphatic heterocycles. The molecule has 3 N–H and O–H groups in total. The average molecular weight is 437 g/mol. The Balaban J connectivity index is 1.77. The highest BCUT2D eigenvalue weighted by Gasteiger charge is 2.39. The summed E-state index contributed by atoms with van der Waals surface area (Å²) in [5.41, 5.74) is -0.626. The SMILES string of the molecule is CC[C@@](Cc1ccc(Nc2nccc3ccncc23)cc1)(NC(=O)OC(C)(C)C)C(=O)O. The molecule has 2 heterocycles. The molecular formula is C24H28N4O4. The molecule has 32 heavy (non-hydrogen) atoms. The van der Waals surface area contributed by atoms with E-state index < -0.39 is 23.2 Å². The molecule has 3 aromatic rings. The Morgan fingerprint density at radius 1 is 1.06 bits per heavy atom. The molecule has 0 saturated heterocycles. The molecule has 0 fully saturated rings. The number of ether oxygens (including phenoxy) is 1. The van der Waals surface area contributed by atoms with Crippen LogP contribution in [0.25, 0.3) is 10.8 Å². The van der Waals surface area contributed by atoms with Gasteiger partial charge in [-0.05, 0) is 62.4 Å². The molecule has 1 aromatic carbocycles. The van der Waals surface area contributed by atoms with Crippen molar-refractivity contribution in [3.63, 3.8) is 0 Å². The first kappa shape index (κ1) is 23.0. The van der Waals surface area contributed by atoms with Gasteiger partial charge < -0.3 is 20.5 Å². The van der Waals surface area contributed by atoms with Crippen molar-refractivity contribution in [3.8, 4) is 0 Å². The zero-order chi connectivity index (χ0) is 23.4. The first-order chi connectivity index (χ1) is 15.1. The third-order valence-corrected chi connectivity index (χ3v) is 5.04. The highest BCUT2D eigenvalue weighted by atomic mass is 16.6. The summed E-state index contributed by atoms with van der Waals surface area (Å²) >= 11 is 0. The Kier molecular flexibility index (Phi) is 6.62. The maximum atomic E-state index is 12.3. The zero-order valence-electron chi connectivity index (χ0n) is 18.7. The smallest absolute Gasteiger partial charge is 0.408 e. The molecule has 0 bridgehead atoms. The summed E-state index contributed by atoms with van der Waals surface area (Å²) in [6.45, 7) is 6.91. The summed E-state index contributed by atoms with van der Waals surface area (Å²) in [7, 11) is 0. The first-order valence-corrected chi connectivity index (χ1v) is 10.4. The molecule has 3 rings (SSSR count). The van der Waals surface area contributed by atoms with E-state index >= 15 is 0 Å². The number of nitrogens with one attached hydrogen (secondary N) is 2. The van der Waals surface area contributed by atoms with E-state index in [0.717, 1.165) is 22.0 Å². The summed E-state index contributed by atoms with van der Waals surface area (Å²) in [6.07, 6.45) is 4.78. The zero-order valence-corrected chi connectivity index (χ0v) is 18.7. The molecule has 0 unspecified atom stereocenters. The van der Waals surface area contributed by atoms with Crippen molar-refractivity contribution in [2.24, 2.45) is 0 Å². The van der Waals surface area contributed by atoms with Crippen LogP contribution in [0.1, 0.15) is 39.7 Å². The van der Waals surface area contributed by atoms with Gasteiger partial charge in [0.15, 0.2) is 0 Å². The standard InChI is InChI=1S/C24H28N4O4/c1-5-24(21(29)30,28-22(31)32-23(2,3)4)14-16-6-8-18(9-7-16)27-20-19-15-25-12-10-17(19)11-13-26-20/h6-13,15H,5,14H2,1-4H3,(H,26,27)(H,28,31)(H,29,30)/t24-/m0/s1. The number of anilines is 2. The average Bonchev–Trinajstić information content (AvgIpc) is 2.73. The number of hydrogen-bond acceptors (Lipinski definition) is 6. The number of aromatic nitrogens is 2. The van der Waals surface area contributed by atoms with E-state index in [1.807, 2.05) is 36.4 Å². The van der Waals surface area contributed by atoms with Gasteiger partial charge in [0.05, 0.1) is 0 Å². The molecule has 1 atom stereocenters. The van der Waals surface area contributed by atoms with Crippen LogP contribution in [0.15, 0.2) is 55.0 Å². The molecule has 1 amide bonds. The van der Waals surface area contributed by atoms with Crippen LogP contribution in [0.4, 0.5) is 16.3 Å². The third kappa shape index (κ3) is 5.51. The van der Waals surface area contributed by atoms with E-state index in [1.54, 1.807) is 46.3 Å². The van der Waals surface area contributed by atoms with E-state index in [2.05, 4.69) is 20.6 Å². The number of carbonyl (C=O) groups is 2. The lowest BCUT2D eigenvalue weighted by Crippen LogP contribution is -2.56.